The number of hydrogen-bond acceptors (Lipinski definition) is 4. The van der Waals surface area contributed by atoms with Crippen molar-refractivity contribution in [1.29, 1.82) is 0 Å². The predicted octanol–water partition coefficient (Wildman–Crippen LogP) is 1.28. The summed E-state index contributed by atoms with van der Waals surface area (Å²) >= 11 is 0. The molecular formula is C16H26ClN3O3S. The summed E-state index contributed by atoms with van der Waals surface area (Å²) in [5.74, 6) is -0.200. The van der Waals surface area contributed by atoms with Gasteiger partial charge in [-0.15, -0.1) is 12.4 Å². The molecule has 1 unspecified atom stereocenters. The van der Waals surface area contributed by atoms with E-state index < -0.39 is 10.0 Å². The molecule has 1 aliphatic rings. The maximum absolute atomic E-state index is 12.7. The first-order valence-corrected chi connectivity index (χ1v) is 9.23. The molecule has 0 aromatic heterocycles. The first-order chi connectivity index (χ1) is 10.7. The molecular weight excluding hydrogens is 350 g/mol. The zero-order valence-electron chi connectivity index (χ0n) is 14.5. The van der Waals surface area contributed by atoms with Crippen molar-refractivity contribution in [3.63, 3.8) is 0 Å². The lowest BCUT2D eigenvalue weighted by atomic mass is 9.98. The Morgan fingerprint density at radius 1 is 1.29 bits per heavy atom. The van der Waals surface area contributed by atoms with E-state index in [9.17, 15) is 13.2 Å². The van der Waals surface area contributed by atoms with E-state index in [0.717, 1.165) is 18.7 Å². The van der Waals surface area contributed by atoms with Crippen LogP contribution in [0, 0.1) is 0 Å². The van der Waals surface area contributed by atoms with E-state index >= 15 is 0 Å². The number of nitrogens with zero attached hydrogens (tertiary/aromatic N) is 2. The lowest BCUT2D eigenvalue weighted by Gasteiger charge is -2.35. The van der Waals surface area contributed by atoms with Gasteiger partial charge in [-0.3, -0.25) is 4.79 Å². The second-order valence-electron chi connectivity index (χ2n) is 6.16. The van der Waals surface area contributed by atoms with Crippen LogP contribution in [0.15, 0.2) is 29.2 Å². The zero-order chi connectivity index (χ0) is 17.2. The van der Waals surface area contributed by atoms with Gasteiger partial charge in [-0.25, -0.2) is 12.7 Å². The summed E-state index contributed by atoms with van der Waals surface area (Å²) in [6, 6.07) is 6.76. The molecule has 2 rings (SSSR count). The largest absolute Gasteiger partial charge is 0.337 e. The van der Waals surface area contributed by atoms with Gasteiger partial charge in [0.1, 0.15) is 0 Å². The summed E-state index contributed by atoms with van der Waals surface area (Å²) in [7, 11) is -0.437. The first kappa shape index (κ1) is 20.9. The second kappa shape index (κ2) is 8.29. The molecule has 1 aromatic carbocycles. The molecule has 1 heterocycles. The highest BCUT2D eigenvalue weighted by Gasteiger charge is 2.28. The first-order valence-electron chi connectivity index (χ1n) is 7.79. The smallest absolute Gasteiger partial charge is 0.242 e. The normalized spacial score (nSPS) is 19.7. The third kappa shape index (κ3) is 4.27. The minimum atomic E-state index is -3.44. The molecule has 0 radical (unpaired) electrons. The number of amides is 1. The molecule has 8 heteroatoms. The fourth-order valence-electron chi connectivity index (χ4n) is 2.70. The molecule has 0 aliphatic carbocycles. The Labute approximate surface area is 150 Å². The average Bonchev–Trinajstić information content (AvgIpc) is 2.54. The number of piperazine rings is 1. The number of sulfonamides is 1. The molecule has 1 aliphatic heterocycles. The highest BCUT2D eigenvalue weighted by atomic mass is 35.5. The van der Waals surface area contributed by atoms with E-state index in [0.29, 0.717) is 6.54 Å². The molecule has 0 spiro atoms. The van der Waals surface area contributed by atoms with Gasteiger partial charge < -0.3 is 10.2 Å². The summed E-state index contributed by atoms with van der Waals surface area (Å²) in [4.78, 5) is 14.8. The van der Waals surface area contributed by atoms with Crippen LogP contribution in [0.1, 0.15) is 25.3 Å². The minimum absolute atomic E-state index is 0. The van der Waals surface area contributed by atoms with Gasteiger partial charge in [-0.2, -0.15) is 0 Å². The maximum atomic E-state index is 12.7. The lowest BCUT2D eigenvalue weighted by molar-refractivity contribution is -0.135. The molecule has 136 valence electrons. The predicted molar refractivity (Wildman–Crippen MR) is 97.0 cm³/mol. The van der Waals surface area contributed by atoms with E-state index in [4.69, 9.17) is 0 Å². The fourth-order valence-corrected chi connectivity index (χ4v) is 3.60. The number of nitrogens with one attached hydrogen (secondary N) is 1. The molecule has 1 saturated heterocycles. The van der Waals surface area contributed by atoms with Crippen LogP contribution in [0.2, 0.25) is 0 Å². The number of halogens is 1. The summed E-state index contributed by atoms with van der Waals surface area (Å²) in [6.45, 7) is 6.22. The van der Waals surface area contributed by atoms with Crippen molar-refractivity contribution in [3.05, 3.63) is 29.8 Å². The van der Waals surface area contributed by atoms with Gasteiger partial charge in [-0.1, -0.05) is 12.1 Å². The van der Waals surface area contributed by atoms with Crippen LogP contribution >= 0.6 is 12.4 Å². The van der Waals surface area contributed by atoms with Gasteiger partial charge in [0.2, 0.25) is 15.9 Å². The monoisotopic (exact) mass is 375 g/mol. The van der Waals surface area contributed by atoms with Crippen LogP contribution in [0.4, 0.5) is 0 Å². The molecule has 24 heavy (non-hydrogen) atoms. The van der Waals surface area contributed by atoms with Crippen molar-refractivity contribution in [1.82, 2.24) is 14.5 Å². The maximum Gasteiger partial charge on any atom is 0.242 e. The Kier molecular flexibility index (Phi) is 7.22. The molecule has 6 nitrogen and oxygen atoms in total. The van der Waals surface area contributed by atoms with Crippen LogP contribution in [-0.4, -0.2) is 63.3 Å². The van der Waals surface area contributed by atoms with Crippen LogP contribution in [0.5, 0.6) is 0 Å². The van der Waals surface area contributed by atoms with E-state index in [-0.39, 0.29) is 35.2 Å². The Hall–Kier alpha value is -1.15. The zero-order valence-corrected chi connectivity index (χ0v) is 16.2. The summed E-state index contributed by atoms with van der Waals surface area (Å²) in [5.41, 5.74) is 0.832. The van der Waals surface area contributed by atoms with Gasteiger partial charge in [0.05, 0.1) is 10.8 Å². The topological polar surface area (TPSA) is 69.7 Å². The average molecular weight is 376 g/mol. The van der Waals surface area contributed by atoms with Crippen LogP contribution in [0.25, 0.3) is 0 Å². The van der Waals surface area contributed by atoms with Crippen molar-refractivity contribution >= 4 is 28.3 Å². The fraction of sp³-hybridized carbons (Fsp3) is 0.562. The molecule has 1 amide bonds. The summed E-state index contributed by atoms with van der Waals surface area (Å²) in [6.07, 6.45) is 0. The third-order valence-electron chi connectivity index (χ3n) is 4.31. The van der Waals surface area contributed by atoms with Gasteiger partial charge in [0.25, 0.3) is 0 Å². The SMILES string of the molecule is CC(C(=O)N1CCNC[C@H]1C)c1ccc(S(=O)(=O)N(C)C)cc1.Cl. The van der Waals surface area contributed by atoms with Crippen molar-refractivity contribution in [2.45, 2.75) is 30.7 Å². The Morgan fingerprint density at radius 3 is 2.38 bits per heavy atom. The van der Waals surface area contributed by atoms with E-state index in [1.807, 2.05) is 18.7 Å². The van der Waals surface area contributed by atoms with Crippen molar-refractivity contribution in [2.75, 3.05) is 33.7 Å². The Morgan fingerprint density at radius 2 is 1.88 bits per heavy atom. The van der Waals surface area contributed by atoms with Gasteiger partial charge >= 0.3 is 0 Å². The molecule has 0 bridgehead atoms. The Bertz CT molecular complexity index is 662. The third-order valence-corrected chi connectivity index (χ3v) is 6.14. The second-order valence-corrected chi connectivity index (χ2v) is 8.31. The number of hydrogen-bond donors (Lipinski definition) is 1. The highest BCUT2D eigenvalue weighted by Crippen LogP contribution is 2.22. The summed E-state index contributed by atoms with van der Waals surface area (Å²) < 4.78 is 25.3. The Balaban J connectivity index is 0.00000288. The van der Waals surface area contributed by atoms with E-state index in [2.05, 4.69) is 5.32 Å². The molecule has 1 N–H and O–H groups in total. The number of benzene rings is 1. The van der Waals surface area contributed by atoms with Crippen molar-refractivity contribution < 1.29 is 13.2 Å². The van der Waals surface area contributed by atoms with Crippen LogP contribution in [-0.2, 0) is 14.8 Å². The van der Waals surface area contributed by atoms with Gasteiger partial charge in [-0.05, 0) is 31.5 Å². The molecule has 2 atom stereocenters. The minimum Gasteiger partial charge on any atom is -0.337 e. The van der Waals surface area contributed by atoms with Gasteiger partial charge in [0, 0.05) is 39.8 Å². The standard InChI is InChI=1S/C16H25N3O3S.ClH/c1-12-11-17-9-10-19(12)16(20)13(2)14-5-7-15(8-6-14)23(21,22)18(3)4;/h5-8,12-13,17H,9-11H2,1-4H3;1H/t12-,13?;/m1./s1. The van der Waals surface area contributed by atoms with E-state index in [1.165, 1.54) is 18.4 Å². The number of rotatable bonds is 4. The quantitative estimate of drug-likeness (QED) is 0.860. The lowest BCUT2D eigenvalue weighted by Crippen LogP contribution is -2.53. The molecule has 0 saturated carbocycles. The van der Waals surface area contributed by atoms with Crippen LogP contribution < -0.4 is 5.32 Å². The van der Waals surface area contributed by atoms with Crippen molar-refractivity contribution in [3.8, 4) is 0 Å². The molecule has 1 aromatic rings. The van der Waals surface area contributed by atoms with E-state index in [1.54, 1.807) is 24.3 Å². The number of carbonyl (C=O) groups excluding carboxylic acids is 1. The molecule has 1 fully saturated rings. The number of carbonyl (C=O) groups is 1. The highest BCUT2D eigenvalue weighted by molar-refractivity contribution is 7.89. The summed E-state index contributed by atoms with van der Waals surface area (Å²) in [5, 5.41) is 3.27. The van der Waals surface area contributed by atoms with Crippen LogP contribution in [0.3, 0.4) is 0 Å². The van der Waals surface area contributed by atoms with Crippen molar-refractivity contribution in [2.24, 2.45) is 0 Å². The van der Waals surface area contributed by atoms with Gasteiger partial charge in [0.15, 0.2) is 0 Å².